The van der Waals surface area contributed by atoms with Gasteiger partial charge in [0.2, 0.25) is 5.91 Å². The molecule has 1 aliphatic rings. The molecule has 1 amide bonds. The monoisotopic (exact) mass is 458 g/mol. The van der Waals surface area contributed by atoms with E-state index in [0.29, 0.717) is 6.42 Å². The van der Waals surface area contributed by atoms with Gasteiger partial charge in [-0.05, 0) is 54.3 Å². The third-order valence-electron chi connectivity index (χ3n) is 5.44. The number of fused-ring (bicyclic) bond motifs is 3. The summed E-state index contributed by atoms with van der Waals surface area (Å²) in [5.74, 6) is 0.758. The molecular weight excluding hydrogens is 440 g/mol. The number of amides is 1. The summed E-state index contributed by atoms with van der Waals surface area (Å²) < 4.78 is 6.67. The number of benzene rings is 3. The lowest BCUT2D eigenvalue weighted by atomic mass is 9.88. The molecule has 5 rings (SSSR count). The summed E-state index contributed by atoms with van der Waals surface area (Å²) in [4.78, 5) is 12.4. The number of aromatic nitrogens is 1. The highest BCUT2D eigenvalue weighted by atomic mass is 79.9. The van der Waals surface area contributed by atoms with Crippen LogP contribution in [0.1, 0.15) is 16.7 Å². The van der Waals surface area contributed by atoms with Crippen molar-refractivity contribution in [2.24, 2.45) is 0 Å². The number of halogens is 1. The van der Waals surface area contributed by atoms with Gasteiger partial charge in [0.25, 0.3) is 0 Å². The van der Waals surface area contributed by atoms with Crippen molar-refractivity contribution in [3.63, 3.8) is 0 Å². The Labute approximate surface area is 183 Å². The number of carbonyl (C=O) groups excluding carboxylic acids is 1. The molecule has 0 aliphatic heterocycles. The van der Waals surface area contributed by atoms with Gasteiger partial charge in [-0.25, -0.2) is 0 Å². The van der Waals surface area contributed by atoms with Crippen molar-refractivity contribution >= 4 is 27.5 Å². The highest BCUT2D eigenvalue weighted by molar-refractivity contribution is 9.10. The Balaban J connectivity index is 1.34. The first-order valence-electron chi connectivity index (χ1n) is 9.89. The first-order chi connectivity index (χ1) is 14.7. The van der Waals surface area contributed by atoms with Gasteiger partial charge in [0.05, 0.1) is 6.42 Å². The van der Waals surface area contributed by atoms with Gasteiger partial charge in [-0.15, -0.1) is 0 Å². The topological polar surface area (TPSA) is 55.1 Å². The fourth-order valence-corrected chi connectivity index (χ4v) is 4.36. The summed E-state index contributed by atoms with van der Waals surface area (Å²) in [6, 6.07) is 23.8. The third kappa shape index (κ3) is 3.57. The molecule has 0 bridgehead atoms. The van der Waals surface area contributed by atoms with Crippen molar-refractivity contribution in [2.75, 3.05) is 5.32 Å². The summed E-state index contributed by atoms with van der Waals surface area (Å²) in [6.45, 7) is 0. The van der Waals surface area contributed by atoms with Crippen molar-refractivity contribution in [3.05, 3.63) is 94.0 Å². The molecule has 5 heteroatoms. The molecule has 0 fully saturated rings. The summed E-state index contributed by atoms with van der Waals surface area (Å²) in [5, 5.41) is 7.31. The summed E-state index contributed by atoms with van der Waals surface area (Å²) in [5.41, 5.74) is 7.25. The van der Waals surface area contributed by atoms with Crippen molar-refractivity contribution < 1.29 is 9.32 Å². The molecule has 1 aliphatic carbocycles. The van der Waals surface area contributed by atoms with Gasteiger partial charge in [-0.3, -0.25) is 4.79 Å². The molecular formula is C25H19BrN2O2. The number of anilines is 1. The molecule has 0 unspecified atom stereocenters. The second-order valence-corrected chi connectivity index (χ2v) is 8.24. The van der Waals surface area contributed by atoms with Crippen LogP contribution >= 0.6 is 15.9 Å². The van der Waals surface area contributed by atoms with E-state index >= 15 is 0 Å². The lowest BCUT2D eigenvalue weighted by molar-refractivity contribution is -0.115. The largest absolute Gasteiger partial charge is 0.355 e. The molecule has 30 heavy (non-hydrogen) atoms. The molecule has 1 aromatic heterocycles. The molecule has 0 saturated carbocycles. The summed E-state index contributed by atoms with van der Waals surface area (Å²) >= 11 is 3.49. The van der Waals surface area contributed by atoms with Crippen LogP contribution in [0, 0.1) is 0 Å². The van der Waals surface area contributed by atoms with Gasteiger partial charge in [-0.1, -0.05) is 63.6 Å². The Hall–Kier alpha value is -3.18. The minimum absolute atomic E-state index is 0.0525. The van der Waals surface area contributed by atoms with Crippen LogP contribution in [-0.2, 0) is 24.1 Å². The first kappa shape index (κ1) is 18.8. The van der Waals surface area contributed by atoms with Crippen LogP contribution in [0.4, 0.5) is 5.69 Å². The van der Waals surface area contributed by atoms with E-state index in [9.17, 15) is 4.79 Å². The zero-order chi connectivity index (χ0) is 20.5. The number of aryl methyl sites for hydroxylation is 1. The zero-order valence-corrected chi connectivity index (χ0v) is 17.8. The maximum atomic E-state index is 12.4. The van der Waals surface area contributed by atoms with Gasteiger partial charge in [0.1, 0.15) is 5.69 Å². The normalized spacial score (nSPS) is 12.2. The maximum Gasteiger partial charge on any atom is 0.228 e. The van der Waals surface area contributed by atoms with Gasteiger partial charge in [0, 0.05) is 26.9 Å². The average Bonchev–Trinajstić information content (AvgIpc) is 3.21. The number of nitrogens with one attached hydrogen (secondary N) is 1. The standard InChI is InChI=1S/C25H19BrN2O2/c26-22-8-4-2-6-18(22)15-23(29)27-19-12-9-17(10-13-19)25-21-14-11-16-5-1-3-7-20(16)24(21)28-30-25/h1-10,12-13H,11,14-15H2,(H,27,29). The molecule has 1 heterocycles. The van der Waals surface area contributed by atoms with Gasteiger partial charge in [-0.2, -0.15) is 0 Å². The van der Waals surface area contributed by atoms with E-state index in [2.05, 4.69) is 44.6 Å². The maximum absolute atomic E-state index is 12.4. The van der Waals surface area contributed by atoms with E-state index in [4.69, 9.17) is 4.52 Å². The van der Waals surface area contributed by atoms with Crippen LogP contribution in [0.25, 0.3) is 22.6 Å². The number of hydrogen-bond acceptors (Lipinski definition) is 3. The van der Waals surface area contributed by atoms with Crippen molar-refractivity contribution in [1.82, 2.24) is 5.16 Å². The Kier molecular flexibility index (Phi) is 4.97. The number of hydrogen-bond donors (Lipinski definition) is 1. The van der Waals surface area contributed by atoms with E-state index in [0.717, 1.165) is 56.7 Å². The van der Waals surface area contributed by atoms with Gasteiger partial charge >= 0.3 is 0 Å². The van der Waals surface area contributed by atoms with Crippen LogP contribution in [0.2, 0.25) is 0 Å². The minimum Gasteiger partial charge on any atom is -0.355 e. The molecule has 0 spiro atoms. The van der Waals surface area contributed by atoms with Crippen LogP contribution in [0.15, 0.2) is 81.8 Å². The van der Waals surface area contributed by atoms with Crippen molar-refractivity contribution in [2.45, 2.75) is 19.3 Å². The van der Waals surface area contributed by atoms with Crippen LogP contribution < -0.4 is 5.32 Å². The Morgan fingerprint density at radius 3 is 2.57 bits per heavy atom. The fraction of sp³-hybridized carbons (Fsp3) is 0.120. The highest BCUT2D eigenvalue weighted by Crippen LogP contribution is 2.38. The first-order valence-corrected chi connectivity index (χ1v) is 10.7. The van der Waals surface area contributed by atoms with Crippen molar-refractivity contribution in [1.29, 1.82) is 0 Å². The predicted molar refractivity (Wildman–Crippen MR) is 121 cm³/mol. The van der Waals surface area contributed by atoms with E-state index in [1.54, 1.807) is 0 Å². The number of nitrogens with zero attached hydrogens (tertiary/aromatic N) is 1. The smallest absolute Gasteiger partial charge is 0.228 e. The Bertz CT molecular complexity index is 1230. The zero-order valence-electron chi connectivity index (χ0n) is 16.2. The van der Waals surface area contributed by atoms with Crippen LogP contribution in [0.5, 0.6) is 0 Å². The highest BCUT2D eigenvalue weighted by Gasteiger charge is 2.24. The third-order valence-corrected chi connectivity index (χ3v) is 6.22. The van der Waals surface area contributed by atoms with E-state index < -0.39 is 0 Å². The second kappa shape index (κ2) is 7.92. The molecule has 0 atom stereocenters. The number of carbonyl (C=O) groups is 1. The summed E-state index contributed by atoms with van der Waals surface area (Å²) in [7, 11) is 0. The molecule has 3 aromatic carbocycles. The molecule has 4 aromatic rings. The SMILES string of the molecule is O=C(Cc1ccccc1Br)Nc1ccc(-c2onc3c2CCc2ccccc2-3)cc1. The van der Waals surface area contributed by atoms with Crippen LogP contribution in [-0.4, -0.2) is 11.1 Å². The molecule has 4 nitrogen and oxygen atoms in total. The molecule has 0 saturated heterocycles. The van der Waals surface area contributed by atoms with Gasteiger partial charge in [0.15, 0.2) is 5.76 Å². The van der Waals surface area contributed by atoms with E-state index in [1.165, 1.54) is 5.56 Å². The fourth-order valence-electron chi connectivity index (χ4n) is 3.93. The average molecular weight is 459 g/mol. The quantitative estimate of drug-likeness (QED) is 0.404. The lowest BCUT2D eigenvalue weighted by Crippen LogP contribution is -2.14. The Morgan fingerprint density at radius 2 is 1.73 bits per heavy atom. The molecule has 1 N–H and O–H groups in total. The predicted octanol–water partition coefficient (Wildman–Crippen LogP) is 6.05. The molecule has 0 radical (unpaired) electrons. The minimum atomic E-state index is -0.0525. The Morgan fingerprint density at radius 1 is 0.967 bits per heavy atom. The summed E-state index contributed by atoms with van der Waals surface area (Å²) in [6.07, 6.45) is 2.22. The lowest BCUT2D eigenvalue weighted by Gasteiger charge is -2.14. The number of rotatable bonds is 4. The van der Waals surface area contributed by atoms with Gasteiger partial charge < -0.3 is 9.84 Å². The second-order valence-electron chi connectivity index (χ2n) is 7.39. The van der Waals surface area contributed by atoms with Crippen LogP contribution in [0.3, 0.4) is 0 Å². The molecule has 148 valence electrons. The van der Waals surface area contributed by atoms with E-state index in [1.807, 2.05) is 54.6 Å². The van der Waals surface area contributed by atoms with Crippen molar-refractivity contribution in [3.8, 4) is 22.6 Å². The van der Waals surface area contributed by atoms with E-state index in [-0.39, 0.29) is 5.91 Å².